The molecule has 2 aromatic rings. The monoisotopic (exact) mass is 394 g/mol. The number of hydrogen-bond acceptors (Lipinski definition) is 4. The summed E-state index contributed by atoms with van der Waals surface area (Å²) in [6.07, 6.45) is 1.77. The number of carbonyl (C=O) groups excluding carboxylic acids is 3. The molecule has 4 atom stereocenters. The minimum Gasteiger partial charge on any atom is -0.292 e. The first-order valence-electron chi connectivity index (χ1n) is 9.56. The second-order valence-electron chi connectivity index (χ2n) is 7.67. The molecule has 3 fully saturated rings. The Balaban J connectivity index is 1.56. The normalized spacial score (nSPS) is 29.2. The first kappa shape index (κ1) is 17.6. The summed E-state index contributed by atoms with van der Waals surface area (Å²) in [5.74, 6) is -1.68. The molecule has 6 heteroatoms. The molecule has 0 aliphatic carbocycles. The molecule has 2 aromatic carbocycles. The molecule has 3 saturated heterocycles. The first-order chi connectivity index (χ1) is 13.6. The Hall–Kier alpha value is -2.50. The summed E-state index contributed by atoms with van der Waals surface area (Å²) in [5.41, 5.74) is 1.06. The van der Waals surface area contributed by atoms with E-state index in [1.165, 1.54) is 4.90 Å². The van der Waals surface area contributed by atoms with E-state index in [-0.39, 0.29) is 23.6 Å². The molecule has 5 rings (SSSR count). The van der Waals surface area contributed by atoms with Crippen LogP contribution in [-0.4, -0.2) is 41.1 Å². The molecule has 2 amide bonds. The summed E-state index contributed by atoms with van der Waals surface area (Å²) >= 11 is 6.08. The Labute approximate surface area is 167 Å². The standard InChI is InChI=1S/C22H19ClN2O3/c23-14-8-4-9-15(12-14)25-21(27)17-16-10-5-11-24(16)19(18(17)22(25)28)20(26)13-6-2-1-3-7-13/h1-4,6-9,12,16-19H,5,10-11H2/t16?,17-,18-,19+/m1/s1. The number of halogens is 1. The smallest absolute Gasteiger partial charge is 0.239 e. The van der Waals surface area contributed by atoms with Crippen molar-refractivity contribution in [3.05, 3.63) is 65.2 Å². The van der Waals surface area contributed by atoms with E-state index in [0.29, 0.717) is 16.3 Å². The highest BCUT2D eigenvalue weighted by Crippen LogP contribution is 2.48. The number of Topliss-reactive ketones (excluding diaryl/α,β-unsaturated/α-hetero) is 1. The molecule has 0 spiro atoms. The summed E-state index contributed by atoms with van der Waals surface area (Å²) < 4.78 is 0. The second-order valence-corrected chi connectivity index (χ2v) is 8.10. The number of imide groups is 1. The van der Waals surface area contributed by atoms with Crippen molar-refractivity contribution < 1.29 is 14.4 Å². The van der Waals surface area contributed by atoms with Crippen LogP contribution in [0.15, 0.2) is 54.6 Å². The fraction of sp³-hybridized carbons (Fsp3) is 0.318. The van der Waals surface area contributed by atoms with Gasteiger partial charge < -0.3 is 0 Å². The maximum atomic E-state index is 13.4. The lowest BCUT2D eigenvalue weighted by molar-refractivity contribution is -0.123. The predicted molar refractivity (Wildman–Crippen MR) is 105 cm³/mol. The van der Waals surface area contributed by atoms with Crippen molar-refractivity contribution in [2.45, 2.75) is 24.9 Å². The molecule has 0 bridgehead atoms. The molecule has 3 aliphatic heterocycles. The minimum absolute atomic E-state index is 0.0525. The van der Waals surface area contributed by atoms with Gasteiger partial charge in [-0.05, 0) is 37.6 Å². The van der Waals surface area contributed by atoms with E-state index < -0.39 is 17.9 Å². The fourth-order valence-electron chi connectivity index (χ4n) is 5.16. The van der Waals surface area contributed by atoms with Crippen molar-refractivity contribution >= 4 is 34.9 Å². The first-order valence-corrected chi connectivity index (χ1v) is 9.94. The number of anilines is 1. The van der Waals surface area contributed by atoms with Crippen LogP contribution in [0.1, 0.15) is 23.2 Å². The fourth-order valence-corrected chi connectivity index (χ4v) is 5.34. The van der Waals surface area contributed by atoms with Crippen molar-refractivity contribution in [2.75, 3.05) is 11.4 Å². The summed E-state index contributed by atoms with van der Waals surface area (Å²) in [5, 5.41) is 0.467. The van der Waals surface area contributed by atoms with E-state index in [9.17, 15) is 14.4 Å². The Bertz CT molecular complexity index is 977. The van der Waals surface area contributed by atoms with Crippen LogP contribution in [-0.2, 0) is 9.59 Å². The van der Waals surface area contributed by atoms with Gasteiger partial charge in [-0.15, -0.1) is 0 Å². The Kier molecular flexibility index (Phi) is 4.11. The topological polar surface area (TPSA) is 57.7 Å². The van der Waals surface area contributed by atoms with Gasteiger partial charge in [-0.1, -0.05) is 48.0 Å². The van der Waals surface area contributed by atoms with Gasteiger partial charge in [0.25, 0.3) is 0 Å². The van der Waals surface area contributed by atoms with Crippen molar-refractivity contribution in [3.63, 3.8) is 0 Å². The van der Waals surface area contributed by atoms with Crippen molar-refractivity contribution in [2.24, 2.45) is 11.8 Å². The van der Waals surface area contributed by atoms with Gasteiger partial charge in [0.2, 0.25) is 11.8 Å². The lowest BCUT2D eigenvalue weighted by Crippen LogP contribution is -2.46. The maximum Gasteiger partial charge on any atom is 0.239 e. The third-order valence-electron chi connectivity index (χ3n) is 6.25. The number of benzene rings is 2. The zero-order chi connectivity index (χ0) is 19.4. The van der Waals surface area contributed by atoms with Crippen LogP contribution in [0.25, 0.3) is 0 Å². The third kappa shape index (κ3) is 2.46. The minimum atomic E-state index is -0.635. The second kappa shape index (κ2) is 6.54. The van der Waals surface area contributed by atoms with Crippen LogP contribution in [0, 0.1) is 11.8 Å². The molecule has 0 aromatic heterocycles. The SMILES string of the molecule is O=C(c1ccccc1)[C@@H]1[C@@H]2C(=O)N(c3cccc(Cl)c3)C(=O)[C@@H]2C2CCCN21. The molecule has 0 saturated carbocycles. The quantitative estimate of drug-likeness (QED) is 0.592. The van der Waals surface area contributed by atoms with Gasteiger partial charge in [-0.3, -0.25) is 19.3 Å². The number of ketones is 1. The van der Waals surface area contributed by atoms with Crippen molar-refractivity contribution in [1.82, 2.24) is 4.90 Å². The number of fused-ring (bicyclic) bond motifs is 3. The lowest BCUT2D eigenvalue weighted by Gasteiger charge is -2.27. The highest BCUT2D eigenvalue weighted by molar-refractivity contribution is 6.31. The molecular formula is C22H19ClN2O3. The number of amides is 2. The number of rotatable bonds is 3. The zero-order valence-electron chi connectivity index (χ0n) is 15.1. The maximum absolute atomic E-state index is 13.4. The Morgan fingerprint density at radius 3 is 2.46 bits per heavy atom. The molecule has 5 nitrogen and oxygen atoms in total. The van der Waals surface area contributed by atoms with E-state index >= 15 is 0 Å². The predicted octanol–water partition coefficient (Wildman–Crippen LogP) is 3.18. The summed E-state index contributed by atoms with van der Waals surface area (Å²) in [6, 6.07) is 15.2. The summed E-state index contributed by atoms with van der Waals surface area (Å²) in [6.45, 7) is 0.749. The molecule has 28 heavy (non-hydrogen) atoms. The number of nitrogens with zero attached hydrogens (tertiary/aromatic N) is 2. The van der Waals surface area contributed by atoms with Crippen LogP contribution in [0.3, 0.4) is 0 Å². The van der Waals surface area contributed by atoms with E-state index in [2.05, 4.69) is 4.90 Å². The number of hydrogen-bond donors (Lipinski definition) is 0. The largest absolute Gasteiger partial charge is 0.292 e. The van der Waals surface area contributed by atoms with Gasteiger partial charge in [0.05, 0.1) is 23.6 Å². The van der Waals surface area contributed by atoms with Gasteiger partial charge in [0.15, 0.2) is 5.78 Å². The Morgan fingerprint density at radius 1 is 0.964 bits per heavy atom. The van der Waals surface area contributed by atoms with Gasteiger partial charge in [-0.25, -0.2) is 4.90 Å². The van der Waals surface area contributed by atoms with Gasteiger partial charge >= 0.3 is 0 Å². The highest BCUT2D eigenvalue weighted by atomic mass is 35.5. The van der Waals surface area contributed by atoms with Crippen LogP contribution in [0.5, 0.6) is 0 Å². The molecule has 0 N–H and O–H groups in total. The molecule has 0 radical (unpaired) electrons. The van der Waals surface area contributed by atoms with Crippen molar-refractivity contribution in [3.8, 4) is 0 Å². The number of carbonyl (C=O) groups is 3. The molecule has 3 heterocycles. The Morgan fingerprint density at radius 2 is 1.71 bits per heavy atom. The van der Waals surface area contributed by atoms with Gasteiger partial charge in [0, 0.05) is 16.6 Å². The summed E-state index contributed by atoms with van der Waals surface area (Å²) in [7, 11) is 0. The van der Waals surface area contributed by atoms with Crippen LogP contribution in [0.2, 0.25) is 5.02 Å². The van der Waals surface area contributed by atoms with E-state index in [1.54, 1.807) is 36.4 Å². The third-order valence-corrected chi connectivity index (χ3v) is 6.48. The van der Waals surface area contributed by atoms with E-state index in [4.69, 9.17) is 11.6 Å². The van der Waals surface area contributed by atoms with Crippen molar-refractivity contribution in [1.29, 1.82) is 0 Å². The van der Waals surface area contributed by atoms with E-state index in [1.807, 2.05) is 18.2 Å². The van der Waals surface area contributed by atoms with Crippen LogP contribution in [0.4, 0.5) is 5.69 Å². The van der Waals surface area contributed by atoms with Gasteiger partial charge in [-0.2, -0.15) is 0 Å². The average Bonchev–Trinajstić information content (AvgIpc) is 3.34. The van der Waals surface area contributed by atoms with Crippen LogP contribution < -0.4 is 4.90 Å². The highest BCUT2D eigenvalue weighted by Gasteiger charge is 2.64. The molecule has 3 aliphatic rings. The zero-order valence-corrected chi connectivity index (χ0v) is 15.9. The molecular weight excluding hydrogens is 376 g/mol. The lowest BCUT2D eigenvalue weighted by atomic mass is 9.85. The van der Waals surface area contributed by atoms with E-state index in [0.717, 1.165) is 19.4 Å². The average molecular weight is 395 g/mol. The molecule has 1 unspecified atom stereocenters. The summed E-state index contributed by atoms with van der Waals surface area (Å²) in [4.78, 5) is 43.3. The molecule has 142 valence electrons. The van der Waals surface area contributed by atoms with Crippen LogP contribution >= 0.6 is 11.6 Å². The van der Waals surface area contributed by atoms with Gasteiger partial charge in [0.1, 0.15) is 0 Å².